The summed E-state index contributed by atoms with van der Waals surface area (Å²) in [4.78, 5) is 19.5. The van der Waals surface area contributed by atoms with E-state index in [0.717, 1.165) is 49.5 Å². The van der Waals surface area contributed by atoms with Crippen LogP contribution in [0.5, 0.6) is 0 Å². The zero-order valence-corrected chi connectivity index (χ0v) is 18.4. The first-order valence-electron chi connectivity index (χ1n) is 10.2. The van der Waals surface area contributed by atoms with E-state index >= 15 is 0 Å². The number of carbonyl (C=O) groups is 1. The standard InChI is InChI=1S/C21H26FN7OS/c1-12-5-3-7-14(16(12)22)20-27-17(18(24)31-20)19(30)26-15-11-25-28(2)21(15)29-9-4-6-13(23)8-10-29/h3,5,7,11,13H,4,6,8-10,23-24H2,1-2H3,(H,26,30). The largest absolute Gasteiger partial charge is 0.389 e. The maximum absolute atomic E-state index is 14.5. The number of halogens is 1. The molecular weight excluding hydrogens is 417 g/mol. The molecule has 1 aromatic carbocycles. The first-order chi connectivity index (χ1) is 14.8. The number of aryl methyl sites for hydroxylation is 2. The van der Waals surface area contributed by atoms with Crippen molar-refractivity contribution in [3.05, 3.63) is 41.5 Å². The van der Waals surface area contributed by atoms with Gasteiger partial charge >= 0.3 is 0 Å². The summed E-state index contributed by atoms with van der Waals surface area (Å²) >= 11 is 1.09. The number of nitrogens with two attached hydrogens (primary N) is 2. The van der Waals surface area contributed by atoms with Gasteiger partial charge in [-0.25, -0.2) is 9.37 Å². The molecule has 5 N–H and O–H groups in total. The molecule has 2 aromatic heterocycles. The van der Waals surface area contributed by atoms with Gasteiger partial charge in [-0.05, 0) is 37.8 Å². The zero-order valence-electron chi connectivity index (χ0n) is 17.6. The second-order valence-corrected chi connectivity index (χ2v) is 8.84. The van der Waals surface area contributed by atoms with Crippen LogP contribution in [0.2, 0.25) is 0 Å². The Balaban J connectivity index is 1.59. The molecular formula is C21H26FN7OS. The number of amides is 1. The van der Waals surface area contributed by atoms with Gasteiger partial charge in [0.1, 0.15) is 21.5 Å². The zero-order chi connectivity index (χ0) is 22.1. The van der Waals surface area contributed by atoms with E-state index in [0.29, 0.717) is 21.8 Å². The fourth-order valence-corrected chi connectivity index (χ4v) is 4.68. The number of hydrogen-bond acceptors (Lipinski definition) is 7. The van der Waals surface area contributed by atoms with Crippen LogP contribution in [-0.2, 0) is 7.05 Å². The molecule has 8 nitrogen and oxygen atoms in total. The summed E-state index contributed by atoms with van der Waals surface area (Å²) in [5.41, 5.74) is 13.7. The number of hydrogen-bond donors (Lipinski definition) is 3. The monoisotopic (exact) mass is 443 g/mol. The van der Waals surface area contributed by atoms with Gasteiger partial charge in [-0.3, -0.25) is 9.48 Å². The number of rotatable bonds is 4. The number of aromatic nitrogens is 3. The van der Waals surface area contributed by atoms with Crippen molar-refractivity contribution in [3.63, 3.8) is 0 Å². The summed E-state index contributed by atoms with van der Waals surface area (Å²) in [6.45, 7) is 3.31. The molecule has 1 fully saturated rings. The van der Waals surface area contributed by atoms with Gasteiger partial charge in [0.15, 0.2) is 11.5 Å². The van der Waals surface area contributed by atoms with Crippen molar-refractivity contribution < 1.29 is 9.18 Å². The van der Waals surface area contributed by atoms with Crippen LogP contribution >= 0.6 is 11.3 Å². The average Bonchev–Trinajstić information content (AvgIpc) is 3.21. The number of carbonyl (C=O) groups excluding carboxylic acids is 1. The van der Waals surface area contributed by atoms with Crippen LogP contribution in [-0.4, -0.2) is 39.8 Å². The highest BCUT2D eigenvalue weighted by molar-refractivity contribution is 7.19. The van der Waals surface area contributed by atoms with E-state index in [-0.39, 0.29) is 22.6 Å². The van der Waals surface area contributed by atoms with Crippen LogP contribution in [0.4, 0.5) is 20.9 Å². The molecule has 1 atom stereocenters. The molecule has 4 rings (SSSR count). The Labute approximate surface area is 184 Å². The van der Waals surface area contributed by atoms with Crippen LogP contribution < -0.4 is 21.7 Å². The number of nitrogens with zero attached hydrogens (tertiary/aromatic N) is 4. The second kappa shape index (κ2) is 8.64. The molecule has 164 valence electrons. The molecule has 10 heteroatoms. The molecule has 1 aliphatic heterocycles. The molecule has 1 unspecified atom stereocenters. The van der Waals surface area contributed by atoms with Crippen molar-refractivity contribution in [1.29, 1.82) is 0 Å². The highest BCUT2D eigenvalue weighted by atomic mass is 32.1. The number of thiazole rings is 1. The predicted octanol–water partition coefficient (Wildman–Crippen LogP) is 3.14. The van der Waals surface area contributed by atoms with E-state index in [1.165, 1.54) is 0 Å². The fourth-order valence-electron chi connectivity index (χ4n) is 3.83. The van der Waals surface area contributed by atoms with Crippen LogP contribution in [0.3, 0.4) is 0 Å². The van der Waals surface area contributed by atoms with E-state index in [9.17, 15) is 9.18 Å². The second-order valence-electron chi connectivity index (χ2n) is 7.81. The van der Waals surface area contributed by atoms with Gasteiger partial charge in [0, 0.05) is 31.7 Å². The Morgan fingerprint density at radius 3 is 2.94 bits per heavy atom. The highest BCUT2D eigenvalue weighted by Gasteiger charge is 2.24. The third kappa shape index (κ3) is 4.26. The first-order valence-corrected chi connectivity index (χ1v) is 11.0. The lowest BCUT2D eigenvalue weighted by molar-refractivity contribution is 0.102. The molecule has 0 aliphatic carbocycles. The average molecular weight is 444 g/mol. The Morgan fingerprint density at radius 1 is 1.32 bits per heavy atom. The number of benzene rings is 1. The molecule has 1 aliphatic rings. The lowest BCUT2D eigenvalue weighted by Crippen LogP contribution is -2.29. The van der Waals surface area contributed by atoms with E-state index in [1.807, 2.05) is 7.05 Å². The van der Waals surface area contributed by atoms with Crippen molar-refractivity contribution in [1.82, 2.24) is 14.8 Å². The lowest BCUT2D eigenvalue weighted by Gasteiger charge is -2.24. The van der Waals surface area contributed by atoms with Gasteiger partial charge in [-0.15, -0.1) is 0 Å². The summed E-state index contributed by atoms with van der Waals surface area (Å²) in [6.07, 6.45) is 4.44. The molecule has 3 heterocycles. The number of anilines is 3. The summed E-state index contributed by atoms with van der Waals surface area (Å²) in [5, 5.41) is 7.81. The molecule has 31 heavy (non-hydrogen) atoms. The van der Waals surface area contributed by atoms with Crippen LogP contribution in [0.15, 0.2) is 24.4 Å². The third-order valence-corrected chi connectivity index (χ3v) is 6.44. The predicted molar refractivity (Wildman–Crippen MR) is 122 cm³/mol. The number of nitrogens with one attached hydrogen (secondary N) is 1. The highest BCUT2D eigenvalue weighted by Crippen LogP contribution is 2.34. The Bertz CT molecular complexity index is 1110. The Kier molecular flexibility index (Phi) is 5.92. The molecule has 0 saturated carbocycles. The summed E-state index contributed by atoms with van der Waals surface area (Å²) < 4.78 is 16.2. The summed E-state index contributed by atoms with van der Waals surface area (Å²) in [7, 11) is 1.84. The Morgan fingerprint density at radius 2 is 2.13 bits per heavy atom. The molecule has 3 aromatic rings. The van der Waals surface area contributed by atoms with E-state index < -0.39 is 5.91 Å². The maximum Gasteiger partial charge on any atom is 0.277 e. The van der Waals surface area contributed by atoms with Gasteiger partial charge in [0.05, 0.1) is 6.20 Å². The third-order valence-electron chi connectivity index (χ3n) is 5.52. The quantitative estimate of drug-likeness (QED) is 0.571. The topological polar surface area (TPSA) is 115 Å². The molecule has 0 radical (unpaired) electrons. The molecule has 1 amide bonds. The Hall–Kier alpha value is -2.98. The van der Waals surface area contributed by atoms with Crippen molar-refractivity contribution in [2.24, 2.45) is 12.8 Å². The summed E-state index contributed by atoms with van der Waals surface area (Å²) in [6, 6.07) is 5.25. The van der Waals surface area contributed by atoms with Gasteiger partial charge in [-0.2, -0.15) is 5.10 Å². The van der Waals surface area contributed by atoms with Gasteiger partial charge in [0.25, 0.3) is 5.91 Å². The van der Waals surface area contributed by atoms with Crippen molar-refractivity contribution in [3.8, 4) is 10.6 Å². The van der Waals surface area contributed by atoms with Crippen LogP contribution in [0, 0.1) is 12.7 Å². The summed E-state index contributed by atoms with van der Waals surface area (Å²) in [5.74, 6) is 0.00663. The molecule has 0 spiro atoms. The van der Waals surface area contributed by atoms with Crippen molar-refractivity contribution >= 4 is 33.8 Å². The molecule has 1 saturated heterocycles. The number of nitrogen functional groups attached to an aromatic ring is 1. The minimum atomic E-state index is -0.450. The SMILES string of the molecule is Cc1cccc(-c2nc(C(=O)Nc3cnn(C)c3N3CCCC(N)CC3)c(N)s2)c1F. The van der Waals surface area contributed by atoms with Gasteiger partial charge < -0.3 is 21.7 Å². The van der Waals surface area contributed by atoms with E-state index in [4.69, 9.17) is 11.5 Å². The van der Waals surface area contributed by atoms with Gasteiger partial charge in [0.2, 0.25) is 0 Å². The van der Waals surface area contributed by atoms with Crippen molar-refractivity contribution in [2.75, 3.05) is 29.0 Å². The molecule has 0 bridgehead atoms. The van der Waals surface area contributed by atoms with Crippen molar-refractivity contribution in [2.45, 2.75) is 32.2 Å². The van der Waals surface area contributed by atoms with E-state index in [1.54, 1.807) is 36.0 Å². The first kappa shape index (κ1) is 21.3. The normalized spacial score (nSPS) is 16.9. The maximum atomic E-state index is 14.5. The van der Waals surface area contributed by atoms with E-state index in [2.05, 4.69) is 20.3 Å². The van der Waals surface area contributed by atoms with Crippen LogP contribution in [0.1, 0.15) is 35.3 Å². The smallest absolute Gasteiger partial charge is 0.277 e. The lowest BCUT2D eigenvalue weighted by atomic mass is 10.1. The van der Waals surface area contributed by atoms with Crippen LogP contribution in [0.25, 0.3) is 10.6 Å². The minimum Gasteiger partial charge on any atom is -0.389 e. The minimum absolute atomic E-state index is 0.0774. The van der Waals surface area contributed by atoms with Gasteiger partial charge in [-0.1, -0.05) is 23.5 Å². The fraction of sp³-hybridized carbons (Fsp3) is 0.381.